The zero-order valence-corrected chi connectivity index (χ0v) is 10.5. The number of epoxide rings is 1. The van der Waals surface area contributed by atoms with E-state index in [1.807, 2.05) is 0 Å². The Labute approximate surface area is 95.0 Å². The van der Waals surface area contributed by atoms with Gasteiger partial charge >= 0.3 is 15.0 Å². The Morgan fingerprint density at radius 2 is 1.69 bits per heavy atom. The van der Waals surface area contributed by atoms with E-state index in [-0.39, 0.29) is 5.97 Å². The van der Waals surface area contributed by atoms with Crippen LogP contribution in [0.15, 0.2) is 12.2 Å². The summed E-state index contributed by atoms with van der Waals surface area (Å²) in [5.41, 5.74) is 0.433. The molecule has 0 spiro atoms. The van der Waals surface area contributed by atoms with Crippen LogP contribution in [0.3, 0.4) is 0 Å². The van der Waals surface area contributed by atoms with Crippen molar-refractivity contribution in [3.05, 3.63) is 12.2 Å². The quantitative estimate of drug-likeness (QED) is 0.195. The van der Waals surface area contributed by atoms with E-state index in [1.165, 1.54) is 7.11 Å². The molecule has 0 radical (unpaired) electrons. The SMILES string of the molecule is C=C(C)C(=O)OC.CC1CO1.O[Si](O)(O)O. The van der Waals surface area contributed by atoms with E-state index in [0.29, 0.717) is 11.7 Å². The molecule has 16 heavy (non-hydrogen) atoms. The van der Waals surface area contributed by atoms with Crippen LogP contribution in [0.25, 0.3) is 0 Å². The highest BCUT2D eigenvalue weighted by atomic mass is 28.4. The van der Waals surface area contributed by atoms with Crippen LogP contribution >= 0.6 is 0 Å². The number of carbonyl (C=O) groups excluding carboxylic acids is 1. The van der Waals surface area contributed by atoms with E-state index >= 15 is 0 Å². The third kappa shape index (κ3) is 29.2. The van der Waals surface area contributed by atoms with Crippen LogP contribution in [0.2, 0.25) is 0 Å². The lowest BCUT2D eigenvalue weighted by Crippen LogP contribution is -2.33. The van der Waals surface area contributed by atoms with Gasteiger partial charge in [-0.05, 0) is 13.8 Å². The fourth-order valence-electron chi connectivity index (χ4n) is 0.270. The third-order valence-corrected chi connectivity index (χ3v) is 1.03. The van der Waals surface area contributed by atoms with E-state index in [1.54, 1.807) is 6.92 Å². The van der Waals surface area contributed by atoms with Crippen molar-refractivity contribution >= 4 is 15.0 Å². The second kappa shape index (κ2) is 8.39. The molecule has 7 nitrogen and oxygen atoms in total. The summed E-state index contributed by atoms with van der Waals surface area (Å²) in [6.45, 7) is 8.00. The van der Waals surface area contributed by atoms with E-state index in [0.717, 1.165) is 6.61 Å². The number of carbonyl (C=O) groups is 1. The summed E-state index contributed by atoms with van der Waals surface area (Å²) in [5, 5.41) is 0. The Morgan fingerprint density at radius 1 is 1.44 bits per heavy atom. The minimum atomic E-state index is -4.61. The second-order valence-corrected chi connectivity index (χ2v) is 4.22. The van der Waals surface area contributed by atoms with Crippen molar-refractivity contribution in [3.8, 4) is 0 Å². The zero-order valence-electron chi connectivity index (χ0n) is 9.51. The molecular formula is C8H18O7Si. The van der Waals surface area contributed by atoms with Gasteiger partial charge in [0.05, 0.1) is 19.8 Å². The minimum Gasteiger partial charge on any atom is -0.466 e. The first kappa shape index (κ1) is 17.6. The lowest BCUT2D eigenvalue weighted by molar-refractivity contribution is -0.136. The highest BCUT2D eigenvalue weighted by Crippen LogP contribution is 2.04. The molecule has 0 bridgehead atoms. The maximum Gasteiger partial charge on any atom is 0.668 e. The van der Waals surface area contributed by atoms with E-state index < -0.39 is 9.05 Å². The summed E-state index contributed by atoms with van der Waals surface area (Å²) in [4.78, 5) is 39.5. The molecule has 0 amide bonds. The van der Waals surface area contributed by atoms with E-state index in [4.69, 9.17) is 23.9 Å². The molecule has 1 atom stereocenters. The highest BCUT2D eigenvalue weighted by molar-refractivity contribution is 6.46. The standard InChI is InChI=1S/C5H8O2.C3H6O.H4O4Si/c1-4(2)5(6)7-3;1-3-2-4-3;1-5(2,3)4/h1H2,2-3H3;3H,2H2,1H3;1-4H. The van der Waals surface area contributed by atoms with Crippen LogP contribution in [0.1, 0.15) is 13.8 Å². The summed E-state index contributed by atoms with van der Waals surface area (Å²) < 4.78 is 8.98. The molecule has 1 aliphatic heterocycles. The molecule has 96 valence electrons. The number of ether oxygens (including phenoxy) is 2. The van der Waals surface area contributed by atoms with Gasteiger partial charge in [-0.3, -0.25) is 0 Å². The highest BCUT2D eigenvalue weighted by Gasteiger charge is 2.22. The zero-order chi connectivity index (χ0) is 13.4. The van der Waals surface area contributed by atoms with Crippen molar-refractivity contribution in [1.82, 2.24) is 0 Å². The second-order valence-electron chi connectivity index (χ2n) is 3.02. The predicted molar refractivity (Wildman–Crippen MR) is 56.9 cm³/mol. The van der Waals surface area contributed by atoms with Crippen LogP contribution < -0.4 is 0 Å². The van der Waals surface area contributed by atoms with Crippen LogP contribution in [-0.4, -0.2) is 54.0 Å². The summed E-state index contributed by atoms with van der Waals surface area (Å²) in [5.74, 6) is -0.347. The molecule has 0 aromatic heterocycles. The number of esters is 1. The van der Waals surface area contributed by atoms with Crippen LogP contribution in [0.5, 0.6) is 0 Å². The van der Waals surface area contributed by atoms with Crippen LogP contribution in [-0.2, 0) is 14.3 Å². The van der Waals surface area contributed by atoms with Gasteiger partial charge in [-0.25, -0.2) is 4.79 Å². The van der Waals surface area contributed by atoms with Crippen molar-refractivity contribution in [2.45, 2.75) is 20.0 Å². The van der Waals surface area contributed by atoms with Crippen molar-refractivity contribution in [2.24, 2.45) is 0 Å². The lowest BCUT2D eigenvalue weighted by atomic mass is 10.4. The van der Waals surface area contributed by atoms with Gasteiger partial charge in [-0.1, -0.05) is 6.58 Å². The Kier molecular flexibility index (Phi) is 9.23. The molecule has 1 fully saturated rings. The number of methoxy groups -OCH3 is 1. The summed E-state index contributed by atoms with van der Waals surface area (Å²) in [7, 11) is -3.28. The van der Waals surface area contributed by atoms with E-state index in [9.17, 15) is 4.79 Å². The Hall–Kier alpha value is -0.773. The summed E-state index contributed by atoms with van der Waals surface area (Å²) >= 11 is 0. The maximum absolute atomic E-state index is 10.2. The first-order valence-corrected chi connectivity index (χ1v) is 6.11. The molecular weight excluding hydrogens is 236 g/mol. The first-order valence-electron chi connectivity index (χ1n) is 4.32. The third-order valence-electron chi connectivity index (χ3n) is 1.03. The van der Waals surface area contributed by atoms with Crippen molar-refractivity contribution in [2.75, 3.05) is 13.7 Å². The van der Waals surface area contributed by atoms with Crippen molar-refractivity contribution in [3.63, 3.8) is 0 Å². The smallest absolute Gasteiger partial charge is 0.466 e. The summed E-state index contributed by atoms with van der Waals surface area (Å²) in [6, 6.07) is 0. The van der Waals surface area contributed by atoms with E-state index in [2.05, 4.69) is 18.2 Å². The largest absolute Gasteiger partial charge is 0.668 e. The van der Waals surface area contributed by atoms with Gasteiger partial charge in [-0.15, -0.1) is 0 Å². The molecule has 1 saturated heterocycles. The van der Waals surface area contributed by atoms with Gasteiger partial charge in [0.25, 0.3) is 0 Å². The minimum absolute atomic E-state index is 0.347. The predicted octanol–water partition coefficient (Wildman–Crippen LogP) is -1.47. The molecule has 0 aliphatic carbocycles. The molecule has 1 aliphatic rings. The first-order chi connectivity index (χ1) is 7.07. The van der Waals surface area contributed by atoms with Crippen molar-refractivity contribution < 1.29 is 33.5 Å². The topological polar surface area (TPSA) is 120 Å². The number of hydrogen-bond donors (Lipinski definition) is 4. The maximum atomic E-state index is 10.2. The van der Waals surface area contributed by atoms with Gasteiger partial charge in [0.2, 0.25) is 0 Å². The summed E-state index contributed by atoms with van der Waals surface area (Å²) in [6.07, 6.45) is 0.583. The molecule has 1 unspecified atom stereocenters. The monoisotopic (exact) mass is 254 g/mol. The van der Waals surface area contributed by atoms with Gasteiger partial charge < -0.3 is 28.7 Å². The Morgan fingerprint density at radius 3 is 1.69 bits per heavy atom. The lowest BCUT2D eigenvalue weighted by Gasteiger charge is -1.91. The molecule has 8 heteroatoms. The van der Waals surface area contributed by atoms with Gasteiger partial charge in [0.1, 0.15) is 0 Å². The molecule has 1 heterocycles. The Balaban J connectivity index is 0. The average Bonchev–Trinajstić information content (AvgIpc) is 2.84. The molecule has 4 N–H and O–H groups in total. The fourth-order valence-corrected chi connectivity index (χ4v) is 0.270. The normalized spacial score (nSPS) is 17.1. The van der Waals surface area contributed by atoms with Gasteiger partial charge in [0, 0.05) is 5.57 Å². The van der Waals surface area contributed by atoms with Gasteiger partial charge in [-0.2, -0.15) is 0 Å². The molecule has 1 rings (SSSR count). The van der Waals surface area contributed by atoms with Crippen molar-refractivity contribution in [1.29, 1.82) is 0 Å². The fraction of sp³-hybridized carbons (Fsp3) is 0.625. The van der Waals surface area contributed by atoms with Crippen LogP contribution in [0, 0.1) is 0 Å². The molecule has 0 saturated carbocycles. The average molecular weight is 254 g/mol. The van der Waals surface area contributed by atoms with Gasteiger partial charge in [0.15, 0.2) is 0 Å². The number of rotatable bonds is 1. The van der Waals surface area contributed by atoms with Crippen LogP contribution in [0.4, 0.5) is 0 Å². The molecule has 0 aromatic carbocycles. The Bertz CT molecular complexity index is 213. The number of hydrogen-bond acceptors (Lipinski definition) is 7. The molecule has 0 aromatic rings.